The molecule has 0 aliphatic carbocycles. The van der Waals surface area contributed by atoms with Crippen molar-refractivity contribution in [2.75, 3.05) is 0 Å². The van der Waals surface area contributed by atoms with Gasteiger partial charge in [0.2, 0.25) is 0 Å². The van der Waals surface area contributed by atoms with E-state index in [1.807, 2.05) is 0 Å². The Labute approximate surface area is 113 Å². The first-order valence-electron chi connectivity index (χ1n) is 6.98. The van der Waals surface area contributed by atoms with Gasteiger partial charge >= 0.3 is 0 Å². The molecular formula is C17H29N. The highest BCUT2D eigenvalue weighted by atomic mass is 14.7. The Morgan fingerprint density at radius 3 is 2.11 bits per heavy atom. The van der Waals surface area contributed by atoms with Crippen LogP contribution in [-0.4, -0.2) is 5.54 Å². The number of nitrogens with two attached hydrogens (primary N) is 1. The van der Waals surface area contributed by atoms with E-state index in [1.54, 1.807) is 0 Å². The first-order valence-corrected chi connectivity index (χ1v) is 6.98. The molecule has 1 aromatic rings. The molecule has 1 heteroatoms. The second-order valence-electron chi connectivity index (χ2n) is 7.23. The second kappa shape index (κ2) is 5.44. The average Bonchev–Trinajstić information content (AvgIpc) is 2.17. The predicted octanol–water partition coefficient (Wildman–Crippen LogP) is 4.35. The molecule has 1 rings (SSSR count). The molecule has 0 saturated heterocycles. The van der Waals surface area contributed by atoms with Crippen LogP contribution in [0.1, 0.15) is 64.2 Å². The molecule has 0 radical (unpaired) electrons. The van der Waals surface area contributed by atoms with E-state index in [2.05, 4.69) is 59.7 Å². The minimum Gasteiger partial charge on any atom is -0.326 e. The van der Waals surface area contributed by atoms with Crippen LogP contribution in [0.5, 0.6) is 0 Å². The first kappa shape index (κ1) is 15.2. The Morgan fingerprint density at radius 2 is 1.67 bits per heavy atom. The lowest BCUT2D eigenvalue weighted by Crippen LogP contribution is -2.31. The summed E-state index contributed by atoms with van der Waals surface area (Å²) in [7, 11) is 0. The summed E-state index contributed by atoms with van der Waals surface area (Å²) in [5.41, 5.74) is 10.5. The summed E-state index contributed by atoms with van der Waals surface area (Å²) >= 11 is 0. The fraction of sp³-hybridized carbons (Fsp3) is 0.647. The van der Waals surface area contributed by atoms with E-state index in [9.17, 15) is 0 Å². The molecule has 2 N–H and O–H groups in total. The van der Waals surface area contributed by atoms with Gasteiger partial charge in [-0.2, -0.15) is 0 Å². The van der Waals surface area contributed by atoms with Crippen LogP contribution in [0, 0.1) is 6.92 Å². The molecule has 1 aromatic carbocycles. The van der Waals surface area contributed by atoms with Crippen molar-refractivity contribution < 1.29 is 0 Å². The van der Waals surface area contributed by atoms with Crippen molar-refractivity contribution in [3.63, 3.8) is 0 Å². The van der Waals surface area contributed by atoms with Crippen LogP contribution in [0.2, 0.25) is 0 Å². The summed E-state index contributed by atoms with van der Waals surface area (Å²) in [5, 5.41) is 0. The predicted molar refractivity (Wildman–Crippen MR) is 81.1 cm³/mol. The maximum atomic E-state index is 6.02. The molecule has 0 spiro atoms. The molecule has 0 fully saturated rings. The Bertz CT molecular complexity index is 391. The maximum absolute atomic E-state index is 6.02. The number of hydrogen-bond donors (Lipinski definition) is 1. The summed E-state index contributed by atoms with van der Waals surface area (Å²) in [6.45, 7) is 13.2. The Hall–Kier alpha value is -0.820. The van der Waals surface area contributed by atoms with Gasteiger partial charge in [-0.3, -0.25) is 0 Å². The van der Waals surface area contributed by atoms with E-state index in [0.29, 0.717) is 0 Å². The summed E-state index contributed by atoms with van der Waals surface area (Å²) < 4.78 is 0. The molecule has 0 aliphatic heterocycles. The average molecular weight is 247 g/mol. The summed E-state index contributed by atoms with van der Waals surface area (Å²) in [5.74, 6) is 0. The van der Waals surface area contributed by atoms with Crippen LogP contribution in [0.4, 0.5) is 0 Å². The third-order valence-corrected chi connectivity index (χ3v) is 3.48. The van der Waals surface area contributed by atoms with Gasteiger partial charge in [0.05, 0.1) is 0 Å². The number of benzene rings is 1. The Morgan fingerprint density at radius 1 is 1.06 bits per heavy atom. The van der Waals surface area contributed by atoms with Crippen LogP contribution in [0.3, 0.4) is 0 Å². The van der Waals surface area contributed by atoms with E-state index < -0.39 is 0 Å². The van der Waals surface area contributed by atoms with Crippen LogP contribution >= 0.6 is 0 Å². The zero-order valence-corrected chi connectivity index (χ0v) is 12.9. The molecule has 102 valence electrons. The smallest absolute Gasteiger partial charge is 0.00971 e. The van der Waals surface area contributed by atoms with Crippen LogP contribution in [-0.2, 0) is 11.8 Å². The molecule has 0 amide bonds. The number of hydrogen-bond acceptors (Lipinski definition) is 1. The lowest BCUT2D eigenvalue weighted by atomic mass is 9.84. The van der Waals surface area contributed by atoms with E-state index in [4.69, 9.17) is 5.73 Å². The quantitative estimate of drug-likeness (QED) is 0.841. The van der Waals surface area contributed by atoms with Gasteiger partial charge in [0.1, 0.15) is 0 Å². The standard InChI is InChI=1S/C17H29N/c1-13-12-15(16(2,3)4)10-9-14(13)8-7-11-17(5,6)18/h9-10,12H,7-8,11,18H2,1-6H3. The highest BCUT2D eigenvalue weighted by Gasteiger charge is 2.15. The van der Waals surface area contributed by atoms with Crippen LogP contribution in [0.15, 0.2) is 18.2 Å². The SMILES string of the molecule is Cc1cc(C(C)(C)C)ccc1CCCC(C)(C)N. The van der Waals surface area contributed by atoms with Gasteiger partial charge < -0.3 is 5.73 Å². The van der Waals surface area contributed by atoms with Gasteiger partial charge in [0, 0.05) is 5.54 Å². The normalized spacial score (nSPS) is 12.8. The van der Waals surface area contributed by atoms with Crippen LogP contribution < -0.4 is 5.73 Å². The van der Waals surface area contributed by atoms with E-state index in [-0.39, 0.29) is 11.0 Å². The van der Waals surface area contributed by atoms with Gasteiger partial charge in [0.15, 0.2) is 0 Å². The van der Waals surface area contributed by atoms with E-state index >= 15 is 0 Å². The number of rotatable bonds is 4. The summed E-state index contributed by atoms with van der Waals surface area (Å²) in [4.78, 5) is 0. The molecule has 0 atom stereocenters. The topological polar surface area (TPSA) is 26.0 Å². The molecule has 0 aliphatic rings. The van der Waals surface area contributed by atoms with Gasteiger partial charge in [0.25, 0.3) is 0 Å². The molecule has 0 unspecified atom stereocenters. The zero-order valence-electron chi connectivity index (χ0n) is 12.9. The van der Waals surface area contributed by atoms with Crippen molar-refractivity contribution in [3.05, 3.63) is 34.9 Å². The van der Waals surface area contributed by atoms with Crippen molar-refractivity contribution in [2.24, 2.45) is 5.73 Å². The zero-order chi connectivity index (χ0) is 14.0. The molecule has 0 bridgehead atoms. The lowest BCUT2D eigenvalue weighted by Gasteiger charge is -2.21. The second-order valence-corrected chi connectivity index (χ2v) is 7.23. The van der Waals surface area contributed by atoms with E-state index in [0.717, 1.165) is 12.8 Å². The van der Waals surface area contributed by atoms with Gasteiger partial charge in [-0.15, -0.1) is 0 Å². The van der Waals surface area contributed by atoms with E-state index in [1.165, 1.54) is 23.1 Å². The van der Waals surface area contributed by atoms with Crippen molar-refractivity contribution in [1.82, 2.24) is 0 Å². The summed E-state index contributed by atoms with van der Waals surface area (Å²) in [6, 6.07) is 6.90. The van der Waals surface area contributed by atoms with Crippen molar-refractivity contribution >= 4 is 0 Å². The number of aryl methyl sites for hydroxylation is 2. The van der Waals surface area contributed by atoms with Crippen molar-refractivity contribution in [2.45, 2.75) is 71.8 Å². The fourth-order valence-electron chi connectivity index (χ4n) is 2.18. The largest absolute Gasteiger partial charge is 0.326 e. The maximum Gasteiger partial charge on any atom is 0.00971 e. The minimum atomic E-state index is -0.0424. The third-order valence-electron chi connectivity index (χ3n) is 3.48. The van der Waals surface area contributed by atoms with Gasteiger partial charge in [-0.1, -0.05) is 39.0 Å². The molecular weight excluding hydrogens is 218 g/mol. The van der Waals surface area contributed by atoms with Gasteiger partial charge in [-0.05, 0) is 62.1 Å². The van der Waals surface area contributed by atoms with Crippen molar-refractivity contribution in [1.29, 1.82) is 0 Å². The highest BCUT2D eigenvalue weighted by Crippen LogP contribution is 2.25. The monoisotopic (exact) mass is 247 g/mol. The third kappa shape index (κ3) is 4.81. The minimum absolute atomic E-state index is 0.0424. The van der Waals surface area contributed by atoms with Gasteiger partial charge in [-0.25, -0.2) is 0 Å². The Kier molecular flexibility index (Phi) is 4.61. The molecule has 1 nitrogen and oxygen atoms in total. The lowest BCUT2D eigenvalue weighted by molar-refractivity contribution is 0.459. The fourth-order valence-corrected chi connectivity index (χ4v) is 2.18. The van der Waals surface area contributed by atoms with Crippen molar-refractivity contribution in [3.8, 4) is 0 Å². The summed E-state index contributed by atoms with van der Waals surface area (Å²) in [6.07, 6.45) is 3.38. The van der Waals surface area contributed by atoms with Crippen LogP contribution in [0.25, 0.3) is 0 Å². The highest BCUT2D eigenvalue weighted by molar-refractivity contribution is 5.34. The molecule has 0 heterocycles. The molecule has 0 aromatic heterocycles. The first-order chi connectivity index (χ1) is 8.09. The Balaban J connectivity index is 2.69. The molecule has 18 heavy (non-hydrogen) atoms. The molecule has 0 saturated carbocycles.